The third kappa shape index (κ3) is 3.32. The quantitative estimate of drug-likeness (QED) is 0.889. The smallest absolute Gasteiger partial charge is 0.123 e. The van der Waals surface area contributed by atoms with Crippen molar-refractivity contribution >= 4 is 0 Å². The van der Waals surface area contributed by atoms with Crippen LogP contribution in [0.25, 0.3) is 0 Å². The molecule has 100 valence electrons. The van der Waals surface area contributed by atoms with Gasteiger partial charge in [-0.15, -0.1) is 0 Å². The average Bonchev–Trinajstić information content (AvgIpc) is 2.46. The minimum atomic E-state index is -0.206. The molecule has 2 aromatic rings. The third-order valence-corrected chi connectivity index (χ3v) is 3.22. The van der Waals surface area contributed by atoms with E-state index in [1.807, 2.05) is 43.4 Å². The van der Waals surface area contributed by atoms with Crippen molar-refractivity contribution in [2.24, 2.45) is 0 Å². The highest BCUT2D eigenvalue weighted by Crippen LogP contribution is 2.27. The summed E-state index contributed by atoms with van der Waals surface area (Å²) in [6.07, 6.45) is 0.789. The molecule has 19 heavy (non-hydrogen) atoms. The molecule has 1 atom stereocenters. The Bertz CT molecular complexity index is 525. The molecule has 0 aliphatic carbocycles. The fourth-order valence-electron chi connectivity index (χ4n) is 2.18. The fourth-order valence-corrected chi connectivity index (χ4v) is 2.18. The van der Waals surface area contributed by atoms with Gasteiger partial charge in [-0.05, 0) is 37.2 Å². The summed E-state index contributed by atoms with van der Waals surface area (Å²) in [5.41, 5.74) is 2.20. The molecule has 0 heterocycles. The summed E-state index contributed by atoms with van der Waals surface area (Å²) in [6.45, 7) is 0. The average molecular weight is 259 g/mol. The number of para-hydroxylation sites is 1. The lowest BCUT2D eigenvalue weighted by Crippen LogP contribution is -2.19. The van der Waals surface area contributed by atoms with E-state index in [2.05, 4.69) is 5.32 Å². The summed E-state index contributed by atoms with van der Waals surface area (Å²) < 4.78 is 18.3. The predicted octanol–water partition coefficient (Wildman–Crippen LogP) is 3.34. The summed E-state index contributed by atoms with van der Waals surface area (Å²) in [4.78, 5) is 0. The van der Waals surface area contributed by atoms with Gasteiger partial charge >= 0.3 is 0 Å². The summed E-state index contributed by atoms with van der Waals surface area (Å²) in [5, 5.41) is 3.28. The summed E-state index contributed by atoms with van der Waals surface area (Å²) in [7, 11) is 3.59. The lowest BCUT2D eigenvalue weighted by Gasteiger charge is -2.19. The maximum atomic E-state index is 12.9. The Morgan fingerprint density at radius 3 is 2.42 bits per heavy atom. The molecule has 2 nitrogen and oxygen atoms in total. The molecule has 0 spiro atoms. The predicted molar refractivity (Wildman–Crippen MR) is 74.9 cm³/mol. The zero-order chi connectivity index (χ0) is 13.7. The van der Waals surface area contributed by atoms with E-state index in [9.17, 15) is 4.39 Å². The van der Waals surface area contributed by atoms with Crippen molar-refractivity contribution in [1.29, 1.82) is 0 Å². The highest BCUT2D eigenvalue weighted by Gasteiger charge is 2.14. The van der Waals surface area contributed by atoms with Crippen molar-refractivity contribution in [2.45, 2.75) is 12.5 Å². The Morgan fingerprint density at radius 2 is 1.79 bits per heavy atom. The fraction of sp³-hybridized carbons (Fsp3) is 0.250. The minimum Gasteiger partial charge on any atom is -0.496 e. The number of rotatable bonds is 5. The van der Waals surface area contributed by atoms with Gasteiger partial charge in [0.05, 0.1) is 7.11 Å². The highest BCUT2D eigenvalue weighted by molar-refractivity contribution is 5.37. The number of hydrogen-bond donors (Lipinski definition) is 1. The molecule has 0 bridgehead atoms. The van der Waals surface area contributed by atoms with Crippen LogP contribution < -0.4 is 10.1 Å². The normalized spacial score (nSPS) is 12.2. The van der Waals surface area contributed by atoms with Crippen LogP contribution in [-0.4, -0.2) is 14.2 Å². The monoisotopic (exact) mass is 259 g/mol. The van der Waals surface area contributed by atoms with Crippen molar-refractivity contribution in [1.82, 2.24) is 5.32 Å². The second-order valence-electron chi connectivity index (χ2n) is 4.41. The van der Waals surface area contributed by atoms with Crippen LogP contribution in [0.5, 0.6) is 5.75 Å². The first-order valence-electron chi connectivity index (χ1n) is 6.29. The van der Waals surface area contributed by atoms with E-state index < -0.39 is 0 Å². The lowest BCUT2D eigenvalue weighted by atomic mass is 9.98. The number of methoxy groups -OCH3 is 1. The molecule has 1 unspecified atom stereocenters. The SMILES string of the molecule is CNC(Cc1ccc(F)cc1)c1ccccc1OC. The Balaban J connectivity index is 2.22. The molecule has 0 aromatic heterocycles. The molecule has 2 rings (SSSR count). The van der Waals surface area contributed by atoms with Crippen LogP contribution in [0.1, 0.15) is 17.2 Å². The molecule has 3 heteroatoms. The molecule has 0 saturated carbocycles. The molecule has 1 N–H and O–H groups in total. The first-order valence-corrected chi connectivity index (χ1v) is 6.29. The largest absolute Gasteiger partial charge is 0.496 e. The first kappa shape index (κ1) is 13.6. The second kappa shape index (κ2) is 6.34. The molecule has 0 amide bonds. The standard InChI is InChI=1S/C16H18FNO/c1-18-15(11-12-7-9-13(17)10-8-12)14-5-3-4-6-16(14)19-2/h3-10,15,18H,11H2,1-2H3. The van der Waals surface area contributed by atoms with Gasteiger partial charge in [-0.25, -0.2) is 4.39 Å². The van der Waals surface area contributed by atoms with Gasteiger partial charge in [-0.3, -0.25) is 0 Å². The van der Waals surface area contributed by atoms with Gasteiger partial charge in [0.2, 0.25) is 0 Å². The third-order valence-electron chi connectivity index (χ3n) is 3.22. The molecule has 0 aliphatic rings. The second-order valence-corrected chi connectivity index (χ2v) is 4.41. The van der Waals surface area contributed by atoms with Gasteiger partial charge in [0.15, 0.2) is 0 Å². The highest BCUT2D eigenvalue weighted by atomic mass is 19.1. The summed E-state index contributed by atoms with van der Waals surface area (Å²) in [5.74, 6) is 0.658. The van der Waals surface area contributed by atoms with Crippen LogP contribution in [0.4, 0.5) is 4.39 Å². The molecular weight excluding hydrogens is 241 g/mol. The molecule has 0 fully saturated rings. The van der Waals surface area contributed by atoms with E-state index in [4.69, 9.17) is 4.74 Å². The Labute approximate surface area is 113 Å². The van der Waals surface area contributed by atoms with Crippen molar-refractivity contribution in [2.75, 3.05) is 14.2 Å². The van der Waals surface area contributed by atoms with Crippen LogP contribution in [0.15, 0.2) is 48.5 Å². The zero-order valence-corrected chi connectivity index (χ0v) is 11.2. The van der Waals surface area contributed by atoms with Gasteiger partial charge in [0, 0.05) is 11.6 Å². The van der Waals surface area contributed by atoms with E-state index in [-0.39, 0.29) is 11.9 Å². The van der Waals surface area contributed by atoms with Gasteiger partial charge < -0.3 is 10.1 Å². The van der Waals surface area contributed by atoms with Crippen LogP contribution >= 0.6 is 0 Å². The molecule has 2 aromatic carbocycles. The van der Waals surface area contributed by atoms with Gasteiger partial charge in [0.25, 0.3) is 0 Å². The number of benzene rings is 2. The lowest BCUT2D eigenvalue weighted by molar-refractivity contribution is 0.401. The van der Waals surface area contributed by atoms with E-state index in [0.29, 0.717) is 0 Å². The van der Waals surface area contributed by atoms with E-state index >= 15 is 0 Å². The maximum Gasteiger partial charge on any atom is 0.123 e. The van der Waals surface area contributed by atoms with Gasteiger partial charge in [0.1, 0.15) is 11.6 Å². The summed E-state index contributed by atoms with van der Waals surface area (Å²) in [6, 6.07) is 14.7. The number of nitrogens with one attached hydrogen (secondary N) is 1. The molecule has 0 aliphatic heterocycles. The minimum absolute atomic E-state index is 0.140. The molecule has 0 radical (unpaired) electrons. The van der Waals surface area contributed by atoms with Gasteiger partial charge in [-0.2, -0.15) is 0 Å². The Morgan fingerprint density at radius 1 is 1.11 bits per heavy atom. The van der Waals surface area contributed by atoms with Crippen molar-refractivity contribution in [3.63, 3.8) is 0 Å². The van der Waals surface area contributed by atoms with Crippen molar-refractivity contribution in [3.8, 4) is 5.75 Å². The maximum absolute atomic E-state index is 12.9. The van der Waals surface area contributed by atoms with E-state index in [0.717, 1.165) is 23.3 Å². The molecule has 0 saturated heterocycles. The number of likely N-dealkylation sites (N-methyl/N-ethyl adjacent to an activating group) is 1. The van der Waals surface area contributed by atoms with Crippen LogP contribution in [0.3, 0.4) is 0 Å². The van der Waals surface area contributed by atoms with E-state index in [1.54, 1.807) is 7.11 Å². The topological polar surface area (TPSA) is 21.3 Å². The van der Waals surface area contributed by atoms with Crippen LogP contribution in [0.2, 0.25) is 0 Å². The number of ether oxygens (including phenoxy) is 1. The Kier molecular flexibility index (Phi) is 4.53. The zero-order valence-electron chi connectivity index (χ0n) is 11.2. The number of halogens is 1. The first-order chi connectivity index (χ1) is 9.24. The van der Waals surface area contributed by atoms with Gasteiger partial charge in [-0.1, -0.05) is 30.3 Å². The van der Waals surface area contributed by atoms with Crippen molar-refractivity contribution < 1.29 is 9.13 Å². The number of hydrogen-bond acceptors (Lipinski definition) is 2. The van der Waals surface area contributed by atoms with Crippen LogP contribution in [-0.2, 0) is 6.42 Å². The van der Waals surface area contributed by atoms with Crippen LogP contribution in [0, 0.1) is 5.82 Å². The Hall–Kier alpha value is -1.87. The van der Waals surface area contributed by atoms with Crippen molar-refractivity contribution in [3.05, 3.63) is 65.5 Å². The summed E-state index contributed by atoms with van der Waals surface area (Å²) >= 11 is 0. The van der Waals surface area contributed by atoms with E-state index in [1.165, 1.54) is 12.1 Å². The molecular formula is C16H18FNO.